The van der Waals surface area contributed by atoms with Crippen LogP contribution in [0.5, 0.6) is 0 Å². The predicted molar refractivity (Wildman–Crippen MR) is 73.2 cm³/mol. The maximum Gasteiger partial charge on any atom is 0.123 e. The number of hydrogen-bond acceptors (Lipinski definition) is 1. The summed E-state index contributed by atoms with van der Waals surface area (Å²) in [5, 5.41) is 0.476. The van der Waals surface area contributed by atoms with E-state index in [-0.39, 0.29) is 0 Å². The summed E-state index contributed by atoms with van der Waals surface area (Å²) in [6.07, 6.45) is 9.90. The zero-order valence-corrected chi connectivity index (χ0v) is 11.9. The Kier molecular flexibility index (Phi) is 4.72. The van der Waals surface area contributed by atoms with Crippen LogP contribution in [-0.2, 0) is 4.79 Å². The summed E-state index contributed by atoms with van der Waals surface area (Å²) >= 11 is 0. The molecule has 1 aliphatic rings. The Morgan fingerprint density at radius 3 is 2.62 bits per heavy atom. The normalized spacial score (nSPS) is 18.8. The molecule has 0 saturated heterocycles. The first-order chi connectivity index (χ1) is 7.45. The van der Waals surface area contributed by atoms with E-state index in [4.69, 9.17) is 0 Å². The van der Waals surface area contributed by atoms with E-state index in [1.807, 2.05) is 6.08 Å². The molecule has 0 bridgehead atoms. The van der Waals surface area contributed by atoms with Crippen molar-refractivity contribution in [3.63, 3.8) is 0 Å². The van der Waals surface area contributed by atoms with Gasteiger partial charge in [0, 0.05) is 12.3 Å². The van der Waals surface area contributed by atoms with Gasteiger partial charge in [0.1, 0.15) is 13.5 Å². The van der Waals surface area contributed by atoms with E-state index in [1.165, 1.54) is 24.8 Å². The Hall–Kier alpha value is -0.633. The lowest BCUT2D eigenvalue weighted by molar-refractivity contribution is -0.113. The molecule has 0 unspecified atom stereocenters. The maximum absolute atomic E-state index is 12.1. The lowest BCUT2D eigenvalue weighted by Gasteiger charge is -2.23. The first kappa shape index (κ1) is 13.4. The van der Waals surface area contributed by atoms with Gasteiger partial charge in [-0.2, -0.15) is 0 Å². The van der Waals surface area contributed by atoms with Gasteiger partial charge in [0.15, 0.2) is 0 Å². The molecule has 0 amide bonds. The first-order valence-corrected chi connectivity index (χ1v) is 9.80. The van der Waals surface area contributed by atoms with Crippen molar-refractivity contribution in [1.29, 1.82) is 0 Å². The van der Waals surface area contributed by atoms with Gasteiger partial charge in [0.2, 0.25) is 0 Å². The van der Waals surface area contributed by atoms with Gasteiger partial charge in [-0.25, -0.2) is 0 Å². The van der Waals surface area contributed by atoms with Crippen LogP contribution in [-0.4, -0.2) is 13.5 Å². The molecule has 0 saturated carbocycles. The zero-order chi connectivity index (χ0) is 12.2. The molecule has 0 aliphatic heterocycles. The average Bonchev–Trinajstić information content (AvgIpc) is 2.25. The van der Waals surface area contributed by atoms with Gasteiger partial charge in [-0.1, -0.05) is 37.4 Å². The molecule has 0 aromatic carbocycles. The molecule has 90 valence electrons. The predicted octanol–water partition coefficient (Wildman–Crippen LogP) is 4.13. The number of allylic oxidation sites excluding steroid dienone is 3. The number of carbonyl (C=O) groups is 1. The largest absolute Gasteiger partial charge is 0.305 e. The van der Waals surface area contributed by atoms with Crippen molar-refractivity contribution in [2.24, 2.45) is 5.92 Å². The van der Waals surface area contributed by atoms with Crippen molar-refractivity contribution in [2.75, 3.05) is 0 Å². The fourth-order valence-corrected chi connectivity index (χ4v) is 2.90. The average molecular weight is 236 g/mol. The van der Waals surface area contributed by atoms with Crippen LogP contribution in [0.15, 0.2) is 24.3 Å². The second kappa shape index (κ2) is 5.62. The molecule has 0 aromatic rings. The van der Waals surface area contributed by atoms with Crippen LogP contribution in [0.1, 0.15) is 32.1 Å². The summed E-state index contributed by atoms with van der Waals surface area (Å²) in [7, 11) is -1.62. The molecular weight excluding hydrogens is 212 g/mol. The van der Waals surface area contributed by atoms with Crippen LogP contribution < -0.4 is 0 Å². The third-order valence-electron chi connectivity index (χ3n) is 3.33. The Balaban J connectivity index is 2.65. The fourth-order valence-electron chi connectivity index (χ4n) is 2.07. The van der Waals surface area contributed by atoms with Crippen LogP contribution in [0.2, 0.25) is 19.6 Å². The van der Waals surface area contributed by atoms with Crippen molar-refractivity contribution < 1.29 is 4.79 Å². The van der Waals surface area contributed by atoms with E-state index < -0.39 is 8.07 Å². The minimum Gasteiger partial charge on any atom is -0.305 e. The van der Waals surface area contributed by atoms with Crippen molar-refractivity contribution in [3.8, 4) is 0 Å². The third-order valence-corrected chi connectivity index (χ3v) is 5.21. The highest BCUT2D eigenvalue weighted by molar-refractivity contribution is 7.03. The molecule has 1 nitrogen and oxygen atoms in total. The lowest BCUT2D eigenvalue weighted by Crippen LogP contribution is -2.34. The molecular formula is C14H24OSi. The van der Waals surface area contributed by atoms with Gasteiger partial charge in [-0.3, -0.25) is 0 Å². The van der Waals surface area contributed by atoms with Crippen LogP contribution in [0.3, 0.4) is 0 Å². The molecule has 1 aliphatic carbocycles. The molecule has 0 spiro atoms. The van der Waals surface area contributed by atoms with Gasteiger partial charge < -0.3 is 4.79 Å². The van der Waals surface area contributed by atoms with Crippen molar-refractivity contribution in [2.45, 2.75) is 51.7 Å². The Labute approximate surface area is 101 Å². The molecule has 1 atom stereocenters. The number of hydrogen-bond donors (Lipinski definition) is 0. The highest BCUT2D eigenvalue weighted by Gasteiger charge is 2.27. The summed E-state index contributed by atoms with van der Waals surface area (Å²) in [6.45, 7) is 10.3. The van der Waals surface area contributed by atoms with Crippen molar-refractivity contribution >= 4 is 13.5 Å². The zero-order valence-electron chi connectivity index (χ0n) is 10.9. The summed E-state index contributed by atoms with van der Waals surface area (Å²) in [4.78, 5) is 12.1. The molecule has 0 heterocycles. The summed E-state index contributed by atoms with van der Waals surface area (Å²) in [6, 6.07) is 0. The molecule has 0 aromatic heterocycles. The SMILES string of the molecule is C=C[C@H](CC(=O)[Si](C)(C)C)C1=CCCCC1. The summed E-state index contributed by atoms with van der Waals surface area (Å²) in [5.41, 5.74) is 1.45. The summed E-state index contributed by atoms with van der Waals surface area (Å²) in [5.74, 6) is 0.305. The van der Waals surface area contributed by atoms with Crippen LogP contribution in [0.4, 0.5) is 0 Å². The quantitative estimate of drug-likeness (QED) is 0.518. The third kappa shape index (κ3) is 3.74. The van der Waals surface area contributed by atoms with Crippen LogP contribution in [0, 0.1) is 5.92 Å². The van der Waals surface area contributed by atoms with Gasteiger partial charge in [-0.05, 0) is 25.7 Å². The van der Waals surface area contributed by atoms with E-state index in [9.17, 15) is 4.79 Å². The minimum absolute atomic E-state index is 0.305. The maximum atomic E-state index is 12.1. The Morgan fingerprint density at radius 2 is 2.19 bits per heavy atom. The smallest absolute Gasteiger partial charge is 0.123 e. The molecule has 2 heteroatoms. The molecule has 0 radical (unpaired) electrons. The van der Waals surface area contributed by atoms with Crippen molar-refractivity contribution in [1.82, 2.24) is 0 Å². The van der Waals surface area contributed by atoms with Gasteiger partial charge >= 0.3 is 0 Å². The molecule has 0 fully saturated rings. The van der Waals surface area contributed by atoms with Crippen LogP contribution in [0.25, 0.3) is 0 Å². The van der Waals surface area contributed by atoms with Gasteiger partial charge in [0.05, 0.1) is 0 Å². The molecule has 0 N–H and O–H groups in total. The topological polar surface area (TPSA) is 17.1 Å². The van der Waals surface area contributed by atoms with E-state index in [0.717, 1.165) is 6.42 Å². The Bertz CT molecular complexity index is 296. The number of rotatable bonds is 5. The standard InChI is InChI=1S/C14H24OSi/c1-5-12(11-14(15)16(2,3)4)13-9-7-6-8-10-13/h5,9,12H,1,6-8,10-11H2,2-4H3/t12-/m1/s1. The minimum atomic E-state index is -1.62. The van der Waals surface area contributed by atoms with E-state index in [2.05, 4.69) is 32.3 Å². The van der Waals surface area contributed by atoms with E-state index in [0.29, 0.717) is 17.7 Å². The second-order valence-electron chi connectivity index (χ2n) is 5.74. The monoisotopic (exact) mass is 236 g/mol. The number of carbonyl (C=O) groups excluding carboxylic acids is 1. The van der Waals surface area contributed by atoms with Gasteiger partial charge in [0.25, 0.3) is 0 Å². The van der Waals surface area contributed by atoms with E-state index in [1.54, 1.807) is 0 Å². The lowest BCUT2D eigenvalue weighted by atomic mass is 9.87. The first-order valence-electron chi connectivity index (χ1n) is 6.30. The second-order valence-corrected chi connectivity index (χ2v) is 10.8. The van der Waals surface area contributed by atoms with E-state index >= 15 is 0 Å². The van der Waals surface area contributed by atoms with Crippen molar-refractivity contribution in [3.05, 3.63) is 24.3 Å². The van der Waals surface area contributed by atoms with Crippen LogP contribution >= 0.6 is 0 Å². The molecule has 1 rings (SSSR count). The highest BCUT2D eigenvalue weighted by Crippen LogP contribution is 2.28. The highest BCUT2D eigenvalue weighted by atomic mass is 28.3. The van der Waals surface area contributed by atoms with Gasteiger partial charge in [-0.15, -0.1) is 6.58 Å². The summed E-state index contributed by atoms with van der Waals surface area (Å²) < 4.78 is 0. The molecule has 16 heavy (non-hydrogen) atoms. The Morgan fingerprint density at radius 1 is 1.50 bits per heavy atom. The fraction of sp³-hybridized carbons (Fsp3) is 0.643.